The smallest absolute Gasteiger partial charge is 0.0462 e. The fourth-order valence-electron chi connectivity index (χ4n) is 3.11. The van der Waals surface area contributed by atoms with E-state index in [1.54, 1.807) is 0 Å². The fraction of sp³-hybridized carbons (Fsp3) is 0.0476. The number of aromatic nitrogens is 1. The molecule has 0 aliphatic heterocycles. The number of benzene rings is 3. The monoisotopic (exact) mass is 315 g/mol. The number of para-hydroxylation sites is 1. The minimum atomic E-state index is -0.561. The summed E-state index contributed by atoms with van der Waals surface area (Å²) in [5, 5.41) is 5.56. The number of aromatic amines is 1. The highest BCUT2D eigenvalue weighted by molar-refractivity contribution is 7.80. The molecular formula is C21H18NP. The van der Waals surface area contributed by atoms with Gasteiger partial charge in [-0.05, 0) is 31.5 Å². The summed E-state index contributed by atoms with van der Waals surface area (Å²) < 4.78 is 0. The maximum absolute atomic E-state index is 3.56. The zero-order chi connectivity index (χ0) is 15.6. The maximum atomic E-state index is 3.56. The lowest BCUT2D eigenvalue weighted by molar-refractivity contribution is 1.32. The van der Waals surface area contributed by atoms with E-state index in [1.807, 2.05) is 0 Å². The van der Waals surface area contributed by atoms with Crippen molar-refractivity contribution in [1.29, 1.82) is 0 Å². The second-order valence-electron chi connectivity index (χ2n) is 5.65. The predicted octanol–water partition coefficient (Wildman–Crippen LogP) is 4.23. The molecule has 0 saturated carbocycles. The van der Waals surface area contributed by atoms with E-state index in [1.165, 1.54) is 32.5 Å². The SMILES string of the molecule is Cc1[nH]c2ccccc2c1P(c1ccccc1)c1ccccc1. The minimum Gasteiger partial charge on any atom is -0.358 e. The third-order valence-electron chi connectivity index (χ3n) is 4.11. The van der Waals surface area contributed by atoms with Gasteiger partial charge in [0.1, 0.15) is 0 Å². The summed E-state index contributed by atoms with van der Waals surface area (Å²) >= 11 is 0. The van der Waals surface area contributed by atoms with Gasteiger partial charge < -0.3 is 4.98 Å². The van der Waals surface area contributed by atoms with Crippen LogP contribution in [0.25, 0.3) is 10.9 Å². The van der Waals surface area contributed by atoms with Gasteiger partial charge in [-0.25, -0.2) is 0 Å². The molecule has 0 atom stereocenters. The van der Waals surface area contributed by atoms with E-state index in [9.17, 15) is 0 Å². The van der Waals surface area contributed by atoms with Crippen LogP contribution in [0.15, 0.2) is 84.9 Å². The summed E-state index contributed by atoms with van der Waals surface area (Å²) in [7, 11) is -0.561. The normalized spacial score (nSPS) is 11.2. The van der Waals surface area contributed by atoms with Crippen molar-refractivity contribution in [2.45, 2.75) is 6.92 Å². The lowest BCUT2D eigenvalue weighted by Gasteiger charge is -2.19. The number of H-pyrrole nitrogens is 1. The molecule has 1 N–H and O–H groups in total. The number of hydrogen-bond acceptors (Lipinski definition) is 0. The van der Waals surface area contributed by atoms with Gasteiger partial charge in [0.15, 0.2) is 0 Å². The number of aryl methyl sites for hydroxylation is 1. The molecule has 0 fully saturated rings. The highest BCUT2D eigenvalue weighted by Crippen LogP contribution is 2.37. The van der Waals surface area contributed by atoms with Crippen molar-refractivity contribution in [2.75, 3.05) is 0 Å². The molecule has 1 nitrogen and oxygen atoms in total. The van der Waals surface area contributed by atoms with Gasteiger partial charge >= 0.3 is 0 Å². The van der Waals surface area contributed by atoms with Crippen LogP contribution >= 0.6 is 7.92 Å². The predicted molar refractivity (Wildman–Crippen MR) is 102 cm³/mol. The fourth-order valence-corrected chi connectivity index (χ4v) is 5.69. The topological polar surface area (TPSA) is 15.8 Å². The van der Waals surface area contributed by atoms with E-state index < -0.39 is 7.92 Å². The Balaban J connectivity index is 2.00. The molecule has 3 aromatic carbocycles. The Morgan fingerprint density at radius 3 is 1.78 bits per heavy atom. The third-order valence-corrected chi connectivity index (χ3v) is 6.76. The molecule has 23 heavy (non-hydrogen) atoms. The molecule has 0 aliphatic carbocycles. The first-order chi connectivity index (χ1) is 11.3. The van der Waals surface area contributed by atoms with Gasteiger partial charge in [0, 0.05) is 21.9 Å². The van der Waals surface area contributed by atoms with E-state index in [0.29, 0.717) is 0 Å². The van der Waals surface area contributed by atoms with Crippen molar-refractivity contribution >= 4 is 34.7 Å². The van der Waals surface area contributed by atoms with Crippen molar-refractivity contribution < 1.29 is 0 Å². The molecule has 2 heteroatoms. The maximum Gasteiger partial charge on any atom is 0.0462 e. The van der Waals surface area contributed by atoms with E-state index in [0.717, 1.165) is 0 Å². The lowest BCUT2D eigenvalue weighted by atomic mass is 10.2. The van der Waals surface area contributed by atoms with E-state index in [4.69, 9.17) is 0 Å². The highest BCUT2D eigenvalue weighted by Gasteiger charge is 2.21. The Kier molecular flexibility index (Phi) is 3.73. The van der Waals surface area contributed by atoms with Gasteiger partial charge in [0.05, 0.1) is 0 Å². The summed E-state index contributed by atoms with van der Waals surface area (Å²) in [5.74, 6) is 0. The molecule has 0 spiro atoms. The van der Waals surface area contributed by atoms with E-state index >= 15 is 0 Å². The van der Waals surface area contributed by atoms with Crippen molar-refractivity contribution in [3.63, 3.8) is 0 Å². The molecule has 0 unspecified atom stereocenters. The zero-order valence-corrected chi connectivity index (χ0v) is 13.9. The van der Waals surface area contributed by atoms with Gasteiger partial charge in [0.25, 0.3) is 0 Å². The van der Waals surface area contributed by atoms with Crippen LogP contribution in [0.4, 0.5) is 0 Å². The molecule has 1 heterocycles. The summed E-state index contributed by atoms with van der Waals surface area (Å²) in [6.45, 7) is 2.19. The molecule has 112 valence electrons. The van der Waals surface area contributed by atoms with Gasteiger partial charge in [-0.2, -0.15) is 0 Å². The van der Waals surface area contributed by atoms with Gasteiger partial charge in [-0.1, -0.05) is 78.9 Å². The van der Waals surface area contributed by atoms with Crippen LogP contribution in [0, 0.1) is 6.92 Å². The largest absolute Gasteiger partial charge is 0.358 e. The number of nitrogens with one attached hydrogen (secondary N) is 1. The first kappa shape index (κ1) is 14.2. The number of hydrogen-bond donors (Lipinski definition) is 1. The molecule has 4 rings (SSSR count). The second kappa shape index (κ2) is 6.02. The van der Waals surface area contributed by atoms with Gasteiger partial charge in [0.2, 0.25) is 0 Å². The third kappa shape index (κ3) is 2.58. The second-order valence-corrected chi connectivity index (χ2v) is 7.80. The first-order valence-corrected chi connectivity index (χ1v) is 9.16. The Hall–Kier alpha value is -2.37. The highest BCUT2D eigenvalue weighted by atomic mass is 31.1. The Morgan fingerprint density at radius 1 is 0.652 bits per heavy atom. The van der Waals surface area contributed by atoms with Crippen LogP contribution in [-0.2, 0) is 0 Å². The molecule has 0 saturated heterocycles. The zero-order valence-electron chi connectivity index (χ0n) is 13.0. The van der Waals surface area contributed by atoms with Gasteiger partial charge in [-0.3, -0.25) is 0 Å². The van der Waals surface area contributed by atoms with Crippen LogP contribution < -0.4 is 15.9 Å². The molecular weight excluding hydrogens is 297 g/mol. The van der Waals surface area contributed by atoms with Crippen molar-refractivity contribution in [3.8, 4) is 0 Å². The summed E-state index contributed by atoms with van der Waals surface area (Å²) in [6.07, 6.45) is 0. The van der Waals surface area contributed by atoms with Crippen molar-refractivity contribution in [1.82, 2.24) is 4.98 Å². The summed E-state index contributed by atoms with van der Waals surface area (Å²) in [6, 6.07) is 30.3. The minimum absolute atomic E-state index is 0.561. The standard InChI is InChI=1S/C21H18NP/c1-16-21(19-14-8-9-15-20(19)22-16)23(17-10-4-2-5-11-17)18-12-6-3-7-13-18/h2-15,22H,1H3. The molecule has 0 radical (unpaired) electrons. The van der Waals surface area contributed by atoms with E-state index in [-0.39, 0.29) is 0 Å². The average molecular weight is 315 g/mol. The van der Waals surface area contributed by atoms with Crippen molar-refractivity contribution in [3.05, 3.63) is 90.6 Å². The van der Waals surface area contributed by atoms with Crippen LogP contribution in [0.3, 0.4) is 0 Å². The Labute approximate surface area is 137 Å². The number of fused-ring (bicyclic) bond motifs is 1. The molecule has 0 bridgehead atoms. The lowest BCUT2D eigenvalue weighted by Crippen LogP contribution is -2.21. The van der Waals surface area contributed by atoms with Crippen LogP contribution in [0.2, 0.25) is 0 Å². The van der Waals surface area contributed by atoms with Crippen LogP contribution in [-0.4, -0.2) is 4.98 Å². The van der Waals surface area contributed by atoms with Crippen LogP contribution in [0.1, 0.15) is 5.69 Å². The first-order valence-electron chi connectivity index (χ1n) is 7.82. The molecule has 0 aliphatic rings. The Bertz CT molecular complexity index is 886. The van der Waals surface area contributed by atoms with E-state index in [2.05, 4.69) is 96.8 Å². The molecule has 4 aromatic rings. The van der Waals surface area contributed by atoms with Crippen molar-refractivity contribution in [2.24, 2.45) is 0 Å². The van der Waals surface area contributed by atoms with Gasteiger partial charge in [-0.15, -0.1) is 0 Å². The summed E-state index contributed by atoms with van der Waals surface area (Å²) in [4.78, 5) is 3.56. The summed E-state index contributed by atoms with van der Waals surface area (Å²) in [5.41, 5.74) is 2.49. The molecule has 0 amide bonds. The molecule has 1 aromatic heterocycles. The van der Waals surface area contributed by atoms with Crippen LogP contribution in [0.5, 0.6) is 0 Å². The Morgan fingerprint density at radius 2 is 1.17 bits per heavy atom. The quantitative estimate of drug-likeness (QED) is 0.544. The number of rotatable bonds is 3. The average Bonchev–Trinajstić information content (AvgIpc) is 2.94.